The predicted octanol–water partition coefficient (Wildman–Crippen LogP) is 4.09. The Morgan fingerprint density at radius 3 is 2.62 bits per heavy atom. The van der Waals surface area contributed by atoms with E-state index in [4.69, 9.17) is 4.74 Å². The van der Waals surface area contributed by atoms with E-state index in [9.17, 15) is 0 Å². The zero-order chi connectivity index (χ0) is 12.1. The summed E-state index contributed by atoms with van der Waals surface area (Å²) in [7, 11) is 1.66. The highest BCUT2D eigenvalue weighted by molar-refractivity contribution is 5.80. The van der Waals surface area contributed by atoms with E-state index in [2.05, 4.69) is 25.4 Å². The molecule has 1 aromatic carbocycles. The van der Waals surface area contributed by atoms with Crippen molar-refractivity contribution in [3.8, 4) is 5.75 Å². The number of benzene rings is 1. The summed E-state index contributed by atoms with van der Waals surface area (Å²) in [6.45, 7) is 10.3. The van der Waals surface area contributed by atoms with E-state index < -0.39 is 0 Å². The summed E-state index contributed by atoms with van der Waals surface area (Å²) in [5, 5.41) is 0. The van der Waals surface area contributed by atoms with Gasteiger partial charge in [-0.15, -0.1) is 0 Å². The van der Waals surface area contributed by atoms with Crippen molar-refractivity contribution in [2.24, 2.45) is 10.9 Å². The molecule has 0 saturated carbocycles. The lowest BCUT2D eigenvalue weighted by Gasteiger charge is -2.14. The van der Waals surface area contributed by atoms with E-state index in [0.29, 0.717) is 5.92 Å². The van der Waals surface area contributed by atoms with E-state index in [1.165, 1.54) is 0 Å². The third-order valence-electron chi connectivity index (χ3n) is 2.52. The molecule has 0 bridgehead atoms. The Hall–Kier alpha value is -1.57. The molecule has 0 aliphatic rings. The third-order valence-corrected chi connectivity index (χ3v) is 2.52. The average molecular weight is 217 g/mol. The van der Waals surface area contributed by atoms with Crippen LogP contribution in [0.2, 0.25) is 0 Å². The largest absolute Gasteiger partial charge is 0.494 e. The van der Waals surface area contributed by atoms with Crippen LogP contribution < -0.4 is 4.74 Å². The molecular weight excluding hydrogens is 198 g/mol. The topological polar surface area (TPSA) is 21.6 Å². The lowest BCUT2D eigenvalue weighted by Crippen LogP contribution is -1.94. The Labute approximate surface area is 97.7 Å². The molecule has 86 valence electrons. The van der Waals surface area contributed by atoms with Crippen molar-refractivity contribution in [1.82, 2.24) is 0 Å². The first kappa shape index (κ1) is 12.5. The Balaban J connectivity index is 3.32. The van der Waals surface area contributed by atoms with E-state index in [0.717, 1.165) is 22.6 Å². The number of rotatable bonds is 4. The molecule has 0 atom stereocenters. The van der Waals surface area contributed by atoms with Gasteiger partial charge >= 0.3 is 0 Å². The van der Waals surface area contributed by atoms with Gasteiger partial charge in [0.15, 0.2) is 0 Å². The Morgan fingerprint density at radius 2 is 2.12 bits per heavy atom. The molecule has 0 radical (unpaired) electrons. The minimum Gasteiger partial charge on any atom is -0.494 e. The van der Waals surface area contributed by atoms with Crippen molar-refractivity contribution >= 4 is 17.5 Å². The Kier molecular flexibility index (Phi) is 4.29. The maximum absolute atomic E-state index is 5.31. The van der Waals surface area contributed by atoms with Gasteiger partial charge in [0.1, 0.15) is 11.4 Å². The Bertz CT molecular complexity index is 405. The van der Waals surface area contributed by atoms with Crippen LogP contribution in [0.3, 0.4) is 0 Å². The van der Waals surface area contributed by atoms with E-state index in [-0.39, 0.29) is 0 Å². The smallest absolute Gasteiger partial charge is 0.145 e. The fourth-order valence-corrected chi connectivity index (χ4v) is 1.52. The fraction of sp³-hybridized carbons (Fsp3) is 0.357. The molecule has 0 aliphatic carbocycles. The number of hydrogen-bond donors (Lipinski definition) is 0. The molecule has 2 heteroatoms. The number of nitrogens with zero attached hydrogens (tertiary/aromatic N) is 1. The summed E-state index contributed by atoms with van der Waals surface area (Å²) in [5.74, 6) is 1.19. The number of ether oxygens (including phenoxy) is 1. The maximum atomic E-state index is 5.31. The first-order valence-electron chi connectivity index (χ1n) is 5.46. The third kappa shape index (κ3) is 2.51. The summed E-state index contributed by atoms with van der Waals surface area (Å²) in [5.41, 5.74) is 3.01. The maximum Gasteiger partial charge on any atom is 0.145 e. The highest BCUT2D eigenvalue weighted by Gasteiger charge is 2.12. The molecule has 2 nitrogen and oxygen atoms in total. The highest BCUT2D eigenvalue weighted by Crippen LogP contribution is 2.37. The number of allylic oxidation sites excluding steroid dienone is 1. The molecule has 0 fully saturated rings. The summed E-state index contributed by atoms with van der Waals surface area (Å²) in [4.78, 5) is 4.37. The fourth-order valence-electron chi connectivity index (χ4n) is 1.52. The molecule has 1 aromatic rings. The van der Waals surface area contributed by atoms with Gasteiger partial charge in [0.05, 0.1) is 7.11 Å². The van der Waals surface area contributed by atoms with Crippen LogP contribution in [-0.4, -0.2) is 13.3 Å². The van der Waals surface area contributed by atoms with Gasteiger partial charge < -0.3 is 4.74 Å². The minimum absolute atomic E-state index is 0.401. The lowest BCUT2D eigenvalue weighted by atomic mass is 9.95. The SMILES string of the molecule is C=C(c1cccc(OC)c1N=CC)C(C)C. The molecule has 0 saturated heterocycles. The van der Waals surface area contributed by atoms with Crippen molar-refractivity contribution in [3.63, 3.8) is 0 Å². The normalized spacial score (nSPS) is 11.1. The van der Waals surface area contributed by atoms with Crippen molar-refractivity contribution in [2.45, 2.75) is 20.8 Å². The number of aliphatic imine (C=N–C) groups is 1. The summed E-state index contributed by atoms with van der Waals surface area (Å²) in [6, 6.07) is 5.92. The molecular formula is C14H19NO. The summed E-state index contributed by atoms with van der Waals surface area (Å²) in [6.07, 6.45) is 1.77. The monoisotopic (exact) mass is 217 g/mol. The van der Waals surface area contributed by atoms with Crippen LogP contribution in [0.1, 0.15) is 26.3 Å². The summed E-state index contributed by atoms with van der Waals surface area (Å²) < 4.78 is 5.31. The van der Waals surface area contributed by atoms with E-state index in [1.54, 1.807) is 13.3 Å². The molecule has 0 aromatic heterocycles. The second-order valence-corrected chi connectivity index (χ2v) is 3.92. The molecule has 0 amide bonds. The van der Waals surface area contributed by atoms with Crippen LogP contribution in [0.15, 0.2) is 29.8 Å². The lowest BCUT2D eigenvalue weighted by molar-refractivity contribution is 0.416. The van der Waals surface area contributed by atoms with Crippen LogP contribution in [0, 0.1) is 5.92 Å². The molecule has 0 N–H and O–H groups in total. The zero-order valence-corrected chi connectivity index (χ0v) is 10.4. The summed E-state index contributed by atoms with van der Waals surface area (Å²) >= 11 is 0. The van der Waals surface area contributed by atoms with Gasteiger partial charge in [0.2, 0.25) is 0 Å². The zero-order valence-electron chi connectivity index (χ0n) is 10.4. The molecule has 1 rings (SSSR count). The first-order chi connectivity index (χ1) is 7.61. The number of hydrogen-bond acceptors (Lipinski definition) is 2. The minimum atomic E-state index is 0.401. The van der Waals surface area contributed by atoms with Gasteiger partial charge in [0.25, 0.3) is 0 Å². The molecule has 16 heavy (non-hydrogen) atoms. The average Bonchev–Trinajstić information content (AvgIpc) is 2.28. The van der Waals surface area contributed by atoms with Gasteiger partial charge in [-0.1, -0.05) is 32.6 Å². The van der Waals surface area contributed by atoms with Crippen LogP contribution in [0.4, 0.5) is 5.69 Å². The molecule has 0 heterocycles. The van der Waals surface area contributed by atoms with Crippen molar-refractivity contribution in [1.29, 1.82) is 0 Å². The molecule has 0 aliphatic heterocycles. The van der Waals surface area contributed by atoms with E-state index in [1.807, 2.05) is 25.1 Å². The van der Waals surface area contributed by atoms with E-state index >= 15 is 0 Å². The van der Waals surface area contributed by atoms with Gasteiger partial charge in [-0.2, -0.15) is 0 Å². The van der Waals surface area contributed by atoms with Crippen LogP contribution in [-0.2, 0) is 0 Å². The number of methoxy groups -OCH3 is 1. The van der Waals surface area contributed by atoms with Crippen LogP contribution >= 0.6 is 0 Å². The van der Waals surface area contributed by atoms with Gasteiger partial charge in [-0.05, 0) is 24.5 Å². The molecule has 0 spiro atoms. The predicted molar refractivity (Wildman–Crippen MR) is 70.7 cm³/mol. The number of para-hydroxylation sites is 1. The first-order valence-corrected chi connectivity index (χ1v) is 5.46. The highest BCUT2D eigenvalue weighted by atomic mass is 16.5. The van der Waals surface area contributed by atoms with Gasteiger partial charge in [-0.3, -0.25) is 4.99 Å². The second kappa shape index (κ2) is 5.50. The van der Waals surface area contributed by atoms with Crippen molar-refractivity contribution < 1.29 is 4.74 Å². The second-order valence-electron chi connectivity index (χ2n) is 3.92. The van der Waals surface area contributed by atoms with Crippen molar-refractivity contribution in [3.05, 3.63) is 30.3 Å². The van der Waals surface area contributed by atoms with Crippen molar-refractivity contribution in [2.75, 3.05) is 7.11 Å². The van der Waals surface area contributed by atoms with Crippen LogP contribution in [0.5, 0.6) is 5.75 Å². The Morgan fingerprint density at radius 1 is 1.44 bits per heavy atom. The van der Waals surface area contributed by atoms with Gasteiger partial charge in [0, 0.05) is 11.8 Å². The quantitative estimate of drug-likeness (QED) is 0.696. The van der Waals surface area contributed by atoms with Crippen LogP contribution in [0.25, 0.3) is 5.57 Å². The standard InChI is InChI=1S/C14H19NO/c1-6-15-14-12(11(4)10(2)3)8-7-9-13(14)16-5/h6-10H,4H2,1-3,5H3. The van der Waals surface area contributed by atoms with Gasteiger partial charge in [-0.25, -0.2) is 0 Å². The molecule has 0 unspecified atom stereocenters.